The Kier molecular flexibility index (Phi) is 3.24. The van der Waals surface area contributed by atoms with E-state index in [1.54, 1.807) is 12.1 Å². The summed E-state index contributed by atoms with van der Waals surface area (Å²) in [6.45, 7) is 0. The molecule has 8 heteroatoms. The fourth-order valence-corrected chi connectivity index (χ4v) is 3.00. The Bertz CT molecular complexity index is 1050. The van der Waals surface area contributed by atoms with Gasteiger partial charge < -0.3 is 10.4 Å². The topological polar surface area (TPSA) is 110 Å². The third kappa shape index (κ3) is 2.40. The summed E-state index contributed by atoms with van der Waals surface area (Å²) < 4.78 is 1.83. The molecule has 124 valence electrons. The van der Waals surface area contributed by atoms with Crippen molar-refractivity contribution in [2.45, 2.75) is 6.04 Å². The molecule has 1 aromatic heterocycles. The molecule has 0 amide bonds. The number of para-hydroxylation sites is 2. The number of rotatable bonds is 3. The van der Waals surface area contributed by atoms with Crippen molar-refractivity contribution < 1.29 is 14.8 Å². The van der Waals surface area contributed by atoms with E-state index in [0.717, 1.165) is 5.52 Å². The number of carbonyl (C=O) groups is 1. The van der Waals surface area contributed by atoms with Gasteiger partial charge in [0.1, 0.15) is 5.70 Å². The second-order valence-corrected chi connectivity index (χ2v) is 5.60. The third-order valence-corrected chi connectivity index (χ3v) is 4.10. The number of nitrogens with one attached hydrogen (secondary N) is 1. The maximum Gasteiger partial charge on any atom is 0.352 e. The number of hydrogen-bond acceptors (Lipinski definition) is 5. The first-order chi connectivity index (χ1) is 12.0. The predicted molar refractivity (Wildman–Crippen MR) is 90.3 cm³/mol. The number of aliphatic carboxylic acids is 1. The van der Waals surface area contributed by atoms with E-state index in [-0.39, 0.29) is 11.4 Å². The molecular weight excluding hydrogens is 324 g/mol. The van der Waals surface area contributed by atoms with E-state index in [1.165, 1.54) is 18.2 Å². The zero-order chi connectivity index (χ0) is 17.6. The molecule has 1 atom stereocenters. The molecule has 0 saturated carbocycles. The van der Waals surface area contributed by atoms with Crippen LogP contribution in [0.4, 0.5) is 11.6 Å². The van der Waals surface area contributed by atoms with Crippen LogP contribution in [-0.4, -0.2) is 25.6 Å². The molecule has 0 fully saturated rings. The number of carboxylic acid groups (broad SMARTS) is 1. The van der Waals surface area contributed by atoms with E-state index in [9.17, 15) is 20.0 Å². The molecule has 0 aliphatic carbocycles. The number of nitro groups is 1. The lowest BCUT2D eigenvalue weighted by molar-refractivity contribution is -0.384. The van der Waals surface area contributed by atoms with Gasteiger partial charge in [-0.25, -0.2) is 9.78 Å². The molecule has 1 aliphatic rings. The van der Waals surface area contributed by atoms with Crippen molar-refractivity contribution in [2.75, 3.05) is 5.32 Å². The maximum absolute atomic E-state index is 11.5. The largest absolute Gasteiger partial charge is 0.477 e. The van der Waals surface area contributed by atoms with E-state index in [0.29, 0.717) is 17.0 Å². The lowest BCUT2D eigenvalue weighted by Crippen LogP contribution is -2.23. The smallest absolute Gasteiger partial charge is 0.352 e. The summed E-state index contributed by atoms with van der Waals surface area (Å²) >= 11 is 0. The first-order valence-corrected chi connectivity index (χ1v) is 7.48. The van der Waals surface area contributed by atoms with E-state index in [2.05, 4.69) is 10.3 Å². The molecule has 2 N–H and O–H groups in total. The number of hydrogen-bond donors (Lipinski definition) is 2. The summed E-state index contributed by atoms with van der Waals surface area (Å²) in [4.78, 5) is 26.5. The number of benzene rings is 2. The van der Waals surface area contributed by atoms with Gasteiger partial charge in [0.15, 0.2) is 0 Å². The van der Waals surface area contributed by atoms with Gasteiger partial charge in [0.05, 0.1) is 22.0 Å². The Labute approximate surface area is 141 Å². The molecule has 0 spiro atoms. The van der Waals surface area contributed by atoms with Crippen molar-refractivity contribution in [1.29, 1.82) is 0 Å². The van der Waals surface area contributed by atoms with Gasteiger partial charge in [-0.1, -0.05) is 24.3 Å². The minimum absolute atomic E-state index is 0.0145. The summed E-state index contributed by atoms with van der Waals surface area (Å²) in [5.41, 5.74) is 2.06. The summed E-state index contributed by atoms with van der Waals surface area (Å²) in [6, 6.07) is 13.1. The molecule has 2 aromatic carbocycles. The molecule has 2 heterocycles. The SMILES string of the molecule is O=C(O)C1=CC(c2cccc([N+](=O)[O-])c2)n2c(nc3ccccc32)N1. The van der Waals surface area contributed by atoms with Crippen LogP contribution in [0.25, 0.3) is 11.0 Å². The minimum atomic E-state index is -1.12. The number of nitrogens with zero attached hydrogens (tertiary/aromatic N) is 3. The van der Waals surface area contributed by atoms with Crippen molar-refractivity contribution in [3.8, 4) is 0 Å². The Morgan fingerprint density at radius 1 is 1.24 bits per heavy atom. The highest BCUT2D eigenvalue weighted by atomic mass is 16.6. The van der Waals surface area contributed by atoms with E-state index in [4.69, 9.17) is 0 Å². The third-order valence-electron chi connectivity index (χ3n) is 4.10. The number of non-ortho nitro benzene ring substituents is 1. The molecule has 0 bridgehead atoms. The maximum atomic E-state index is 11.5. The summed E-state index contributed by atoms with van der Waals surface area (Å²) in [7, 11) is 0. The number of allylic oxidation sites excluding steroid dienone is 1. The Morgan fingerprint density at radius 3 is 2.80 bits per heavy atom. The Balaban J connectivity index is 1.95. The predicted octanol–water partition coefficient (Wildman–Crippen LogP) is 2.93. The van der Waals surface area contributed by atoms with E-state index < -0.39 is 16.9 Å². The lowest BCUT2D eigenvalue weighted by Gasteiger charge is -2.24. The highest BCUT2D eigenvalue weighted by molar-refractivity contribution is 5.92. The average Bonchev–Trinajstić information content (AvgIpc) is 2.99. The quantitative estimate of drug-likeness (QED) is 0.562. The van der Waals surface area contributed by atoms with Gasteiger partial charge >= 0.3 is 5.97 Å². The summed E-state index contributed by atoms with van der Waals surface area (Å²) in [6.07, 6.45) is 1.53. The number of carboxylic acids is 1. The molecule has 0 saturated heterocycles. The zero-order valence-corrected chi connectivity index (χ0v) is 12.8. The fourth-order valence-electron chi connectivity index (χ4n) is 3.00. The molecule has 0 radical (unpaired) electrons. The van der Waals surface area contributed by atoms with Crippen LogP contribution >= 0.6 is 0 Å². The summed E-state index contributed by atoms with van der Waals surface area (Å²) in [5, 5.41) is 23.3. The first kappa shape index (κ1) is 14.9. The van der Waals surface area contributed by atoms with Gasteiger partial charge in [0.2, 0.25) is 5.95 Å². The van der Waals surface area contributed by atoms with Crippen molar-refractivity contribution in [2.24, 2.45) is 0 Å². The number of anilines is 1. The van der Waals surface area contributed by atoms with Crippen LogP contribution in [0.5, 0.6) is 0 Å². The monoisotopic (exact) mass is 336 g/mol. The number of imidazole rings is 1. The van der Waals surface area contributed by atoms with Crippen molar-refractivity contribution >= 4 is 28.6 Å². The van der Waals surface area contributed by atoms with Crippen LogP contribution in [0, 0.1) is 10.1 Å². The standard InChI is InChI=1S/C17H12N4O4/c22-16(23)13-9-15(10-4-3-5-11(8-10)21(24)25)20-14-7-2-1-6-12(14)18-17(20)19-13/h1-9,15H,(H,18,19)(H,22,23). The van der Waals surface area contributed by atoms with Gasteiger partial charge in [-0.3, -0.25) is 14.7 Å². The van der Waals surface area contributed by atoms with Crippen molar-refractivity contribution in [3.63, 3.8) is 0 Å². The van der Waals surface area contributed by atoms with E-state index in [1.807, 2.05) is 28.8 Å². The Hall–Kier alpha value is -3.68. The minimum Gasteiger partial charge on any atom is -0.477 e. The summed E-state index contributed by atoms with van der Waals surface area (Å²) in [5.74, 6) is -0.730. The lowest BCUT2D eigenvalue weighted by atomic mass is 10.0. The van der Waals surface area contributed by atoms with Crippen LogP contribution in [0.3, 0.4) is 0 Å². The van der Waals surface area contributed by atoms with Crippen LogP contribution < -0.4 is 5.32 Å². The first-order valence-electron chi connectivity index (χ1n) is 7.48. The Morgan fingerprint density at radius 2 is 2.04 bits per heavy atom. The van der Waals surface area contributed by atoms with Crippen LogP contribution in [0.1, 0.15) is 11.6 Å². The van der Waals surface area contributed by atoms with Crippen LogP contribution in [-0.2, 0) is 4.79 Å². The zero-order valence-electron chi connectivity index (χ0n) is 12.8. The molecule has 4 rings (SSSR count). The molecule has 3 aromatic rings. The van der Waals surface area contributed by atoms with Gasteiger partial charge in [-0.15, -0.1) is 0 Å². The fraction of sp³-hybridized carbons (Fsp3) is 0.0588. The molecule has 25 heavy (non-hydrogen) atoms. The van der Waals surface area contributed by atoms with Crippen molar-refractivity contribution in [1.82, 2.24) is 9.55 Å². The number of aromatic nitrogens is 2. The molecule has 8 nitrogen and oxygen atoms in total. The van der Waals surface area contributed by atoms with Crippen LogP contribution in [0.2, 0.25) is 0 Å². The highest BCUT2D eigenvalue weighted by Gasteiger charge is 2.27. The van der Waals surface area contributed by atoms with Gasteiger partial charge in [0.25, 0.3) is 5.69 Å². The molecule has 1 unspecified atom stereocenters. The normalized spacial score (nSPS) is 16.0. The van der Waals surface area contributed by atoms with E-state index >= 15 is 0 Å². The second-order valence-electron chi connectivity index (χ2n) is 5.60. The van der Waals surface area contributed by atoms with Gasteiger partial charge in [0, 0.05) is 12.1 Å². The number of fused-ring (bicyclic) bond motifs is 3. The van der Waals surface area contributed by atoms with Gasteiger partial charge in [-0.2, -0.15) is 0 Å². The van der Waals surface area contributed by atoms with Crippen LogP contribution in [0.15, 0.2) is 60.3 Å². The number of nitro benzene ring substituents is 1. The highest BCUT2D eigenvalue weighted by Crippen LogP contribution is 2.35. The average molecular weight is 336 g/mol. The van der Waals surface area contributed by atoms with Crippen molar-refractivity contribution in [3.05, 3.63) is 76.0 Å². The second kappa shape index (κ2) is 5.45. The molecular formula is C17H12N4O4. The van der Waals surface area contributed by atoms with Gasteiger partial charge in [-0.05, 0) is 23.8 Å². The molecule has 1 aliphatic heterocycles.